The van der Waals surface area contributed by atoms with E-state index in [4.69, 9.17) is 9.97 Å². The summed E-state index contributed by atoms with van der Waals surface area (Å²) in [6, 6.07) is 24.8. The van der Waals surface area contributed by atoms with Crippen LogP contribution in [0.4, 0.5) is 23.5 Å². The number of H-pyrrole nitrogens is 1. The summed E-state index contributed by atoms with van der Waals surface area (Å²) in [5.74, 6) is 1.45. The van der Waals surface area contributed by atoms with Gasteiger partial charge in [0.15, 0.2) is 0 Å². The number of anilines is 4. The van der Waals surface area contributed by atoms with Crippen LogP contribution in [-0.4, -0.2) is 32.7 Å². The normalized spacial score (nSPS) is 13.2. The standard InChI is InChI=1S/C28H26N8/c1-19-10-12-23(13-11-19)31-26-32-27(35-30-17-22-16-29-25-9-5-4-8-24(22)25)34-28(33-26)36-15-14-20-6-2-3-7-21(20)18-36/h2-13,16-17,29H,14-15,18H2,1H3,(H2,31,32,33,34,35)/b30-17+. The van der Waals surface area contributed by atoms with Gasteiger partial charge >= 0.3 is 0 Å². The molecule has 0 radical (unpaired) electrons. The van der Waals surface area contributed by atoms with Crippen molar-refractivity contribution in [2.45, 2.75) is 19.9 Å². The van der Waals surface area contributed by atoms with Gasteiger partial charge in [-0.15, -0.1) is 0 Å². The number of hydrogen-bond donors (Lipinski definition) is 3. The zero-order valence-electron chi connectivity index (χ0n) is 19.9. The first-order valence-electron chi connectivity index (χ1n) is 12.0. The number of rotatable bonds is 6. The van der Waals surface area contributed by atoms with Crippen molar-refractivity contribution in [2.24, 2.45) is 5.10 Å². The molecule has 0 saturated heterocycles. The Morgan fingerprint density at radius 2 is 1.67 bits per heavy atom. The van der Waals surface area contributed by atoms with E-state index in [0.29, 0.717) is 17.8 Å². The Labute approximate surface area is 209 Å². The van der Waals surface area contributed by atoms with Crippen LogP contribution in [0.15, 0.2) is 84.1 Å². The molecule has 6 rings (SSSR count). The van der Waals surface area contributed by atoms with Crippen LogP contribution >= 0.6 is 0 Å². The van der Waals surface area contributed by atoms with Gasteiger partial charge in [0.1, 0.15) is 0 Å². The molecule has 1 aliphatic heterocycles. The number of aryl methyl sites for hydroxylation is 1. The van der Waals surface area contributed by atoms with Crippen molar-refractivity contribution >= 4 is 40.6 Å². The number of aromatic amines is 1. The molecule has 8 nitrogen and oxygen atoms in total. The fourth-order valence-corrected chi connectivity index (χ4v) is 4.40. The SMILES string of the molecule is Cc1ccc(Nc2nc(N/N=C/c3c[nH]c4ccccc34)nc(N3CCc4ccccc4C3)n2)cc1. The number of benzene rings is 3. The Bertz CT molecular complexity index is 1540. The van der Waals surface area contributed by atoms with Crippen LogP contribution in [0.1, 0.15) is 22.3 Å². The molecule has 5 aromatic rings. The highest BCUT2D eigenvalue weighted by molar-refractivity contribution is 5.99. The van der Waals surface area contributed by atoms with Gasteiger partial charge in [0.2, 0.25) is 17.8 Å². The summed E-state index contributed by atoms with van der Waals surface area (Å²) in [5, 5.41) is 8.84. The Morgan fingerprint density at radius 1 is 0.889 bits per heavy atom. The van der Waals surface area contributed by atoms with Gasteiger partial charge in [-0.05, 0) is 42.7 Å². The lowest BCUT2D eigenvalue weighted by Gasteiger charge is -2.29. The van der Waals surface area contributed by atoms with Gasteiger partial charge in [0, 0.05) is 41.4 Å². The van der Waals surface area contributed by atoms with Gasteiger partial charge in [-0.3, -0.25) is 0 Å². The molecule has 0 unspecified atom stereocenters. The average Bonchev–Trinajstić information content (AvgIpc) is 3.33. The number of fused-ring (bicyclic) bond motifs is 2. The number of aromatic nitrogens is 4. The fourth-order valence-electron chi connectivity index (χ4n) is 4.40. The minimum atomic E-state index is 0.379. The van der Waals surface area contributed by atoms with Crippen molar-refractivity contribution in [3.8, 4) is 0 Å². The lowest BCUT2D eigenvalue weighted by molar-refractivity contribution is 0.706. The third-order valence-corrected chi connectivity index (χ3v) is 6.33. The maximum atomic E-state index is 4.74. The van der Waals surface area contributed by atoms with E-state index in [0.717, 1.165) is 41.7 Å². The first-order chi connectivity index (χ1) is 17.7. The van der Waals surface area contributed by atoms with Crippen LogP contribution in [0.5, 0.6) is 0 Å². The topological polar surface area (TPSA) is 94.1 Å². The molecule has 0 bridgehead atoms. The van der Waals surface area contributed by atoms with Crippen molar-refractivity contribution in [3.05, 3.63) is 101 Å². The second-order valence-corrected chi connectivity index (χ2v) is 8.87. The Hall–Kier alpha value is -4.72. The summed E-state index contributed by atoms with van der Waals surface area (Å²) >= 11 is 0. The van der Waals surface area contributed by atoms with Gasteiger partial charge in [0.25, 0.3) is 0 Å². The first-order valence-corrected chi connectivity index (χ1v) is 12.0. The molecule has 2 aromatic heterocycles. The van der Waals surface area contributed by atoms with Crippen molar-refractivity contribution in [3.63, 3.8) is 0 Å². The Balaban J connectivity index is 1.29. The quantitative estimate of drug-likeness (QED) is 0.225. The number of hydrogen-bond acceptors (Lipinski definition) is 7. The van der Waals surface area contributed by atoms with Crippen LogP contribution < -0.4 is 15.6 Å². The molecule has 0 aliphatic carbocycles. The number of nitrogens with zero attached hydrogens (tertiary/aromatic N) is 5. The molecule has 36 heavy (non-hydrogen) atoms. The van der Waals surface area contributed by atoms with Gasteiger partial charge in [-0.2, -0.15) is 20.1 Å². The Morgan fingerprint density at radius 3 is 2.56 bits per heavy atom. The van der Waals surface area contributed by atoms with E-state index >= 15 is 0 Å². The third kappa shape index (κ3) is 4.61. The maximum absolute atomic E-state index is 4.74. The van der Waals surface area contributed by atoms with Crippen molar-refractivity contribution in [2.75, 3.05) is 22.2 Å². The first kappa shape index (κ1) is 21.8. The van der Waals surface area contributed by atoms with Crippen LogP contribution in [0.3, 0.4) is 0 Å². The molecular formula is C28H26N8. The molecule has 0 spiro atoms. The van der Waals surface area contributed by atoms with Crippen LogP contribution in [0, 0.1) is 6.92 Å². The van der Waals surface area contributed by atoms with Gasteiger partial charge < -0.3 is 15.2 Å². The van der Waals surface area contributed by atoms with Crippen LogP contribution in [0.25, 0.3) is 10.9 Å². The molecule has 1 aliphatic rings. The van der Waals surface area contributed by atoms with E-state index in [-0.39, 0.29) is 0 Å². The van der Waals surface area contributed by atoms with E-state index in [9.17, 15) is 0 Å². The van der Waals surface area contributed by atoms with Gasteiger partial charge in [0.05, 0.1) is 6.21 Å². The van der Waals surface area contributed by atoms with Crippen LogP contribution in [0.2, 0.25) is 0 Å². The molecule has 8 heteroatoms. The summed E-state index contributed by atoms with van der Waals surface area (Å²) in [4.78, 5) is 19.5. The second kappa shape index (κ2) is 9.50. The lowest BCUT2D eigenvalue weighted by Crippen LogP contribution is -2.32. The number of nitrogens with one attached hydrogen (secondary N) is 3. The average molecular weight is 475 g/mol. The largest absolute Gasteiger partial charge is 0.361 e. The highest BCUT2D eigenvalue weighted by Gasteiger charge is 2.20. The summed E-state index contributed by atoms with van der Waals surface area (Å²) in [5.41, 5.74) is 9.84. The maximum Gasteiger partial charge on any atom is 0.250 e. The molecule has 3 N–H and O–H groups in total. The van der Waals surface area contributed by atoms with Crippen molar-refractivity contribution < 1.29 is 0 Å². The summed E-state index contributed by atoms with van der Waals surface area (Å²) in [6.45, 7) is 3.65. The highest BCUT2D eigenvalue weighted by atomic mass is 15.4. The predicted molar refractivity (Wildman–Crippen MR) is 145 cm³/mol. The van der Waals surface area contributed by atoms with E-state index in [1.807, 2.05) is 36.5 Å². The zero-order valence-corrected chi connectivity index (χ0v) is 19.9. The fraction of sp³-hybridized carbons (Fsp3) is 0.143. The predicted octanol–water partition coefficient (Wildman–Crippen LogP) is 5.41. The Kier molecular flexibility index (Phi) is 5.75. The number of para-hydroxylation sites is 1. The van der Waals surface area contributed by atoms with E-state index < -0.39 is 0 Å². The highest BCUT2D eigenvalue weighted by Crippen LogP contribution is 2.24. The van der Waals surface area contributed by atoms with Crippen LogP contribution in [-0.2, 0) is 13.0 Å². The van der Waals surface area contributed by atoms with Crippen molar-refractivity contribution in [1.29, 1.82) is 0 Å². The van der Waals surface area contributed by atoms with Gasteiger partial charge in [-0.25, -0.2) is 5.43 Å². The molecule has 0 fully saturated rings. The zero-order chi connectivity index (χ0) is 24.3. The minimum Gasteiger partial charge on any atom is -0.361 e. The van der Waals surface area contributed by atoms with Crippen molar-refractivity contribution in [1.82, 2.24) is 19.9 Å². The summed E-state index contributed by atoms with van der Waals surface area (Å²) in [6.07, 6.45) is 4.65. The molecule has 3 heterocycles. The van der Waals surface area contributed by atoms with E-state index in [1.54, 1.807) is 6.21 Å². The third-order valence-electron chi connectivity index (χ3n) is 6.33. The van der Waals surface area contributed by atoms with E-state index in [1.165, 1.54) is 16.7 Å². The minimum absolute atomic E-state index is 0.379. The smallest absolute Gasteiger partial charge is 0.250 e. The molecular weight excluding hydrogens is 448 g/mol. The molecule has 0 saturated carbocycles. The van der Waals surface area contributed by atoms with Gasteiger partial charge in [-0.1, -0.05) is 60.2 Å². The van der Waals surface area contributed by atoms with E-state index in [2.05, 4.69) is 80.1 Å². The second-order valence-electron chi connectivity index (χ2n) is 8.87. The lowest BCUT2D eigenvalue weighted by atomic mass is 10.0. The molecule has 3 aromatic carbocycles. The molecule has 0 atom stereocenters. The monoisotopic (exact) mass is 474 g/mol. The summed E-state index contributed by atoms with van der Waals surface area (Å²) in [7, 11) is 0. The molecule has 178 valence electrons. The molecule has 0 amide bonds. The number of hydrazone groups is 1. The summed E-state index contributed by atoms with van der Waals surface area (Å²) < 4.78 is 0.